The number of hydrogen-bond acceptors (Lipinski definition) is 4. The number of hydrogen-bond donors (Lipinski definition) is 0. The van der Waals surface area contributed by atoms with E-state index in [1.807, 2.05) is 16.3 Å². The molecule has 7 heteroatoms. The van der Waals surface area contributed by atoms with Crippen LogP contribution in [0, 0.1) is 0 Å². The fourth-order valence-corrected chi connectivity index (χ4v) is 4.20. The van der Waals surface area contributed by atoms with Crippen molar-refractivity contribution in [1.82, 2.24) is 9.80 Å². The van der Waals surface area contributed by atoms with Crippen molar-refractivity contribution in [1.29, 1.82) is 0 Å². The Morgan fingerprint density at radius 1 is 1.23 bits per heavy atom. The van der Waals surface area contributed by atoms with Gasteiger partial charge in [0.15, 0.2) is 0 Å². The number of carbonyl (C=O) groups excluding carboxylic acids is 1. The Morgan fingerprint density at radius 3 is 2.73 bits per heavy atom. The second kappa shape index (κ2) is 9.72. The Kier molecular flexibility index (Phi) is 7.34. The molecule has 0 radical (unpaired) electrons. The van der Waals surface area contributed by atoms with E-state index in [0.717, 1.165) is 44.1 Å². The summed E-state index contributed by atoms with van der Waals surface area (Å²) in [6.07, 6.45) is 0.919. The summed E-state index contributed by atoms with van der Waals surface area (Å²) in [5.41, 5.74) is 0.499. The number of halogens is 2. The van der Waals surface area contributed by atoms with Crippen molar-refractivity contribution >= 4 is 40.4 Å². The molecule has 0 bridgehead atoms. The molecule has 140 valence electrons. The van der Waals surface area contributed by atoms with E-state index in [2.05, 4.69) is 11.0 Å². The summed E-state index contributed by atoms with van der Waals surface area (Å²) in [6.45, 7) is 5.75. The van der Waals surface area contributed by atoms with Gasteiger partial charge in [0.25, 0.3) is 5.91 Å². The number of thiophene rings is 1. The van der Waals surface area contributed by atoms with E-state index in [9.17, 15) is 4.79 Å². The van der Waals surface area contributed by atoms with Crippen LogP contribution < -0.4 is 0 Å². The second-order valence-corrected chi connectivity index (χ2v) is 8.11. The lowest BCUT2D eigenvalue weighted by atomic mass is 10.2. The van der Waals surface area contributed by atoms with Crippen molar-refractivity contribution in [2.24, 2.45) is 0 Å². The lowest BCUT2D eigenvalue weighted by Crippen LogP contribution is -2.39. The molecule has 1 saturated heterocycles. The zero-order chi connectivity index (χ0) is 18.4. The van der Waals surface area contributed by atoms with E-state index in [4.69, 9.17) is 27.9 Å². The van der Waals surface area contributed by atoms with Crippen molar-refractivity contribution in [3.05, 3.63) is 56.2 Å². The lowest BCUT2D eigenvalue weighted by molar-refractivity contribution is 0.0356. The summed E-state index contributed by atoms with van der Waals surface area (Å²) in [4.78, 5) is 18.5. The van der Waals surface area contributed by atoms with Crippen LogP contribution in [0.2, 0.25) is 10.0 Å². The van der Waals surface area contributed by atoms with Gasteiger partial charge in [-0.1, -0.05) is 29.3 Å². The first kappa shape index (κ1) is 19.6. The highest BCUT2D eigenvalue weighted by molar-refractivity contribution is 7.09. The molecular weight excluding hydrogens is 391 g/mol. The molecule has 1 amide bonds. The SMILES string of the molecule is O=C(c1ccc(Cl)cc1Cl)N(CCCN1CCOCC1)Cc1cccs1. The van der Waals surface area contributed by atoms with Gasteiger partial charge in [-0.2, -0.15) is 0 Å². The molecule has 1 aliphatic rings. The minimum atomic E-state index is -0.0537. The van der Waals surface area contributed by atoms with Gasteiger partial charge >= 0.3 is 0 Å². The molecule has 0 saturated carbocycles. The summed E-state index contributed by atoms with van der Waals surface area (Å²) in [7, 11) is 0. The van der Waals surface area contributed by atoms with Gasteiger partial charge in [-0.25, -0.2) is 0 Å². The normalized spacial score (nSPS) is 15.2. The molecule has 4 nitrogen and oxygen atoms in total. The summed E-state index contributed by atoms with van der Waals surface area (Å²) in [5.74, 6) is -0.0537. The van der Waals surface area contributed by atoms with Crippen LogP contribution in [0.5, 0.6) is 0 Å². The molecule has 1 aliphatic heterocycles. The van der Waals surface area contributed by atoms with Gasteiger partial charge in [0.1, 0.15) is 0 Å². The number of amides is 1. The predicted octanol–water partition coefficient (Wildman–Crippen LogP) is 4.42. The molecule has 26 heavy (non-hydrogen) atoms. The molecule has 2 heterocycles. The van der Waals surface area contributed by atoms with Gasteiger partial charge in [0.2, 0.25) is 0 Å². The largest absolute Gasteiger partial charge is 0.379 e. The number of nitrogens with zero attached hydrogens (tertiary/aromatic N) is 2. The molecule has 1 aromatic carbocycles. The molecule has 2 aromatic rings. The maximum Gasteiger partial charge on any atom is 0.255 e. The number of morpholine rings is 1. The first-order valence-electron chi connectivity index (χ1n) is 8.70. The van der Waals surface area contributed by atoms with Crippen LogP contribution in [-0.2, 0) is 11.3 Å². The monoisotopic (exact) mass is 412 g/mol. The highest BCUT2D eigenvalue weighted by Gasteiger charge is 2.20. The lowest BCUT2D eigenvalue weighted by Gasteiger charge is -2.28. The van der Waals surface area contributed by atoms with Gasteiger partial charge in [0, 0.05) is 36.1 Å². The highest BCUT2D eigenvalue weighted by atomic mass is 35.5. The maximum absolute atomic E-state index is 13.1. The van der Waals surface area contributed by atoms with Gasteiger partial charge in [-0.05, 0) is 36.1 Å². The number of rotatable bonds is 7. The molecule has 0 N–H and O–H groups in total. The Balaban J connectivity index is 1.66. The third-order valence-corrected chi connectivity index (χ3v) is 5.79. The molecule has 1 fully saturated rings. The maximum atomic E-state index is 13.1. The van der Waals surface area contributed by atoms with E-state index < -0.39 is 0 Å². The van der Waals surface area contributed by atoms with Crippen LogP contribution in [0.15, 0.2) is 35.7 Å². The second-order valence-electron chi connectivity index (χ2n) is 6.24. The number of carbonyl (C=O) groups is 1. The first-order valence-corrected chi connectivity index (χ1v) is 10.3. The van der Waals surface area contributed by atoms with E-state index in [1.165, 1.54) is 0 Å². The Hall–Kier alpha value is -1.11. The first-order chi connectivity index (χ1) is 12.6. The van der Waals surface area contributed by atoms with Gasteiger partial charge in [0.05, 0.1) is 30.3 Å². The standard InChI is InChI=1S/C19H22Cl2N2O2S/c20-15-4-5-17(18(21)13-15)19(24)23(14-16-3-1-12-26-16)7-2-6-22-8-10-25-11-9-22/h1,3-5,12-13H,2,6-11,14H2. The van der Waals surface area contributed by atoms with Gasteiger partial charge in [-0.3, -0.25) is 9.69 Å². The molecule has 1 aromatic heterocycles. The summed E-state index contributed by atoms with van der Waals surface area (Å²) in [5, 5.41) is 2.96. The Labute approximate surface area is 168 Å². The topological polar surface area (TPSA) is 32.8 Å². The van der Waals surface area contributed by atoms with E-state index >= 15 is 0 Å². The van der Waals surface area contributed by atoms with Crippen molar-refractivity contribution in [2.45, 2.75) is 13.0 Å². The van der Waals surface area contributed by atoms with Gasteiger partial charge in [-0.15, -0.1) is 11.3 Å². The third-order valence-electron chi connectivity index (χ3n) is 4.38. The van der Waals surface area contributed by atoms with Crippen LogP contribution in [0.25, 0.3) is 0 Å². The number of ether oxygens (including phenoxy) is 1. The van der Waals surface area contributed by atoms with Crippen molar-refractivity contribution in [3.63, 3.8) is 0 Å². The van der Waals surface area contributed by atoms with Crippen LogP contribution >= 0.6 is 34.5 Å². The minimum Gasteiger partial charge on any atom is -0.379 e. The smallest absolute Gasteiger partial charge is 0.255 e. The summed E-state index contributed by atoms with van der Waals surface area (Å²) in [6, 6.07) is 9.09. The predicted molar refractivity (Wildman–Crippen MR) is 107 cm³/mol. The van der Waals surface area contributed by atoms with Gasteiger partial charge < -0.3 is 9.64 Å². The third kappa shape index (κ3) is 5.44. The van der Waals surface area contributed by atoms with E-state index in [0.29, 0.717) is 28.7 Å². The van der Waals surface area contributed by atoms with Crippen molar-refractivity contribution in [2.75, 3.05) is 39.4 Å². The molecule has 0 atom stereocenters. The van der Waals surface area contributed by atoms with Crippen LogP contribution in [0.4, 0.5) is 0 Å². The van der Waals surface area contributed by atoms with Crippen molar-refractivity contribution < 1.29 is 9.53 Å². The zero-order valence-electron chi connectivity index (χ0n) is 14.5. The minimum absolute atomic E-state index is 0.0537. The van der Waals surface area contributed by atoms with E-state index in [1.54, 1.807) is 29.5 Å². The molecule has 0 unspecified atom stereocenters. The average Bonchev–Trinajstić information content (AvgIpc) is 3.14. The zero-order valence-corrected chi connectivity index (χ0v) is 16.8. The Morgan fingerprint density at radius 2 is 2.04 bits per heavy atom. The van der Waals surface area contributed by atoms with Crippen LogP contribution in [0.1, 0.15) is 21.7 Å². The summed E-state index contributed by atoms with van der Waals surface area (Å²) >= 11 is 13.9. The van der Waals surface area contributed by atoms with Crippen LogP contribution in [0.3, 0.4) is 0 Å². The van der Waals surface area contributed by atoms with Crippen molar-refractivity contribution in [3.8, 4) is 0 Å². The molecular formula is C19H22Cl2N2O2S. The van der Waals surface area contributed by atoms with Crippen LogP contribution in [-0.4, -0.2) is 55.1 Å². The van der Waals surface area contributed by atoms with E-state index in [-0.39, 0.29) is 5.91 Å². The highest BCUT2D eigenvalue weighted by Crippen LogP contribution is 2.23. The average molecular weight is 413 g/mol. The fraction of sp³-hybridized carbons (Fsp3) is 0.421. The molecule has 0 aliphatic carbocycles. The quantitative estimate of drug-likeness (QED) is 0.674. The Bertz CT molecular complexity index is 718. The number of benzene rings is 1. The molecule has 3 rings (SSSR count). The molecule has 0 spiro atoms. The fourth-order valence-electron chi connectivity index (χ4n) is 2.99. The summed E-state index contributed by atoms with van der Waals surface area (Å²) < 4.78 is 5.39.